The minimum absolute atomic E-state index is 0.0797. The molecule has 1 aromatic carbocycles. The van der Waals surface area contributed by atoms with Gasteiger partial charge in [0.15, 0.2) is 17.0 Å². The molecule has 0 spiro atoms. The summed E-state index contributed by atoms with van der Waals surface area (Å²) >= 11 is 0. The van der Waals surface area contributed by atoms with E-state index in [1.807, 2.05) is 0 Å². The van der Waals surface area contributed by atoms with E-state index in [9.17, 15) is 8.78 Å². The van der Waals surface area contributed by atoms with E-state index < -0.39 is 11.6 Å². The number of halogens is 2. The molecule has 0 saturated carbocycles. The largest absolute Gasteiger partial charge is 0.371 e. The predicted octanol–water partition coefficient (Wildman–Crippen LogP) is 1.59. The quantitative estimate of drug-likeness (QED) is 0.786. The molecular weight excluding hydrogens is 266 g/mol. The summed E-state index contributed by atoms with van der Waals surface area (Å²) in [4.78, 5) is 8.04. The molecule has 2 aromatic heterocycles. The number of rotatable bonds is 3. The molecule has 0 aliphatic carbocycles. The van der Waals surface area contributed by atoms with Crippen LogP contribution in [0.3, 0.4) is 0 Å². The molecule has 0 saturated heterocycles. The molecule has 20 heavy (non-hydrogen) atoms. The van der Waals surface area contributed by atoms with Gasteiger partial charge in [0.2, 0.25) is 0 Å². The number of aromatic nitrogens is 5. The first-order valence-corrected chi connectivity index (χ1v) is 5.85. The molecule has 0 aliphatic heterocycles. The summed E-state index contributed by atoms with van der Waals surface area (Å²) in [7, 11) is 1.69. The Labute approximate surface area is 112 Å². The van der Waals surface area contributed by atoms with Crippen LogP contribution in [0.1, 0.15) is 5.56 Å². The van der Waals surface area contributed by atoms with Crippen LogP contribution in [0.4, 0.5) is 14.6 Å². The first-order chi connectivity index (χ1) is 9.70. The smallest absolute Gasteiger partial charge is 0.184 e. The van der Waals surface area contributed by atoms with Gasteiger partial charge in [-0.1, -0.05) is 11.3 Å². The fourth-order valence-electron chi connectivity index (χ4n) is 1.91. The Balaban J connectivity index is 2.08. The Hall–Kier alpha value is -2.64. The highest BCUT2D eigenvalue weighted by Crippen LogP contribution is 2.18. The topological polar surface area (TPSA) is 68.5 Å². The van der Waals surface area contributed by atoms with Crippen LogP contribution in [-0.2, 0) is 6.54 Å². The lowest BCUT2D eigenvalue weighted by Gasteiger charge is -2.05. The zero-order chi connectivity index (χ0) is 14.1. The van der Waals surface area contributed by atoms with Crippen molar-refractivity contribution in [3.05, 3.63) is 41.7 Å². The third-order valence-electron chi connectivity index (χ3n) is 2.91. The monoisotopic (exact) mass is 276 g/mol. The first kappa shape index (κ1) is 12.4. The molecule has 2 heterocycles. The number of fused-ring (bicyclic) bond motifs is 1. The van der Waals surface area contributed by atoms with Crippen LogP contribution < -0.4 is 5.32 Å². The number of hydrogen-bond acceptors (Lipinski definition) is 5. The Morgan fingerprint density at radius 1 is 1.20 bits per heavy atom. The predicted molar refractivity (Wildman–Crippen MR) is 68.1 cm³/mol. The van der Waals surface area contributed by atoms with Crippen LogP contribution in [0.5, 0.6) is 0 Å². The fourth-order valence-corrected chi connectivity index (χ4v) is 1.91. The van der Waals surface area contributed by atoms with E-state index in [2.05, 4.69) is 25.6 Å². The van der Waals surface area contributed by atoms with Crippen LogP contribution in [0.25, 0.3) is 11.2 Å². The Bertz CT molecular complexity index is 749. The van der Waals surface area contributed by atoms with Crippen LogP contribution in [0, 0.1) is 11.6 Å². The first-order valence-electron chi connectivity index (χ1n) is 5.85. The average molecular weight is 276 g/mol. The second kappa shape index (κ2) is 4.80. The Morgan fingerprint density at radius 2 is 1.95 bits per heavy atom. The Morgan fingerprint density at radius 3 is 2.65 bits per heavy atom. The van der Waals surface area contributed by atoms with E-state index in [1.54, 1.807) is 7.05 Å². The maximum Gasteiger partial charge on any atom is 0.184 e. The van der Waals surface area contributed by atoms with Gasteiger partial charge in [-0.05, 0) is 12.1 Å². The molecule has 0 amide bonds. The molecule has 0 unspecified atom stereocenters. The maximum absolute atomic E-state index is 13.6. The van der Waals surface area contributed by atoms with Crippen LogP contribution in [0.15, 0.2) is 24.5 Å². The Kier molecular flexibility index (Phi) is 2.97. The van der Waals surface area contributed by atoms with Gasteiger partial charge in [0, 0.05) is 12.6 Å². The zero-order valence-corrected chi connectivity index (χ0v) is 10.5. The highest BCUT2D eigenvalue weighted by Gasteiger charge is 2.14. The molecule has 0 atom stereocenters. The molecule has 0 radical (unpaired) electrons. The number of nitrogens with one attached hydrogen (secondary N) is 1. The van der Waals surface area contributed by atoms with E-state index in [4.69, 9.17) is 0 Å². The van der Waals surface area contributed by atoms with E-state index in [0.29, 0.717) is 17.0 Å². The van der Waals surface area contributed by atoms with E-state index in [-0.39, 0.29) is 12.1 Å². The summed E-state index contributed by atoms with van der Waals surface area (Å²) in [6.45, 7) is -0.0881. The second-order valence-electron chi connectivity index (χ2n) is 4.09. The van der Waals surface area contributed by atoms with Crippen molar-refractivity contribution in [2.75, 3.05) is 12.4 Å². The van der Waals surface area contributed by atoms with Crippen LogP contribution in [0.2, 0.25) is 0 Å². The zero-order valence-electron chi connectivity index (χ0n) is 10.5. The minimum Gasteiger partial charge on any atom is -0.371 e. The number of nitrogens with zero attached hydrogens (tertiary/aromatic N) is 5. The summed E-state index contributed by atoms with van der Waals surface area (Å²) in [6, 6.07) is 3.71. The summed E-state index contributed by atoms with van der Waals surface area (Å²) in [6.07, 6.45) is 1.34. The van der Waals surface area contributed by atoms with Gasteiger partial charge in [-0.2, -0.15) is 0 Å². The molecule has 0 bridgehead atoms. The van der Waals surface area contributed by atoms with Gasteiger partial charge < -0.3 is 5.32 Å². The summed E-state index contributed by atoms with van der Waals surface area (Å²) in [5.41, 5.74) is 0.780. The van der Waals surface area contributed by atoms with Crippen molar-refractivity contribution in [2.24, 2.45) is 0 Å². The molecular formula is C12H10F2N6. The van der Waals surface area contributed by atoms with Crippen LogP contribution >= 0.6 is 0 Å². The molecule has 1 N–H and O–H groups in total. The number of hydrogen-bond donors (Lipinski definition) is 1. The highest BCUT2D eigenvalue weighted by atomic mass is 19.1. The summed E-state index contributed by atoms with van der Waals surface area (Å²) in [5, 5.41) is 10.7. The van der Waals surface area contributed by atoms with Crippen molar-refractivity contribution in [2.45, 2.75) is 6.54 Å². The van der Waals surface area contributed by atoms with Crippen molar-refractivity contribution >= 4 is 17.0 Å². The van der Waals surface area contributed by atoms with E-state index >= 15 is 0 Å². The normalized spacial score (nSPS) is 10.9. The van der Waals surface area contributed by atoms with E-state index in [1.165, 1.54) is 29.2 Å². The third-order valence-corrected chi connectivity index (χ3v) is 2.91. The van der Waals surface area contributed by atoms with E-state index in [0.717, 1.165) is 0 Å². The maximum atomic E-state index is 13.6. The van der Waals surface area contributed by atoms with Gasteiger partial charge in [0.05, 0.1) is 6.54 Å². The lowest BCUT2D eigenvalue weighted by Crippen LogP contribution is -2.07. The standard InChI is InChI=1S/C12H10F2N6/c1-15-11-10-12(17-6-16-11)20(19-18-10)5-7-8(13)3-2-4-9(7)14/h2-4,6H,5H2,1H3,(H,15,16,17). The fraction of sp³-hybridized carbons (Fsp3) is 0.167. The summed E-state index contributed by atoms with van der Waals surface area (Å²) in [5.74, 6) is -0.747. The average Bonchev–Trinajstić information content (AvgIpc) is 2.86. The van der Waals surface area contributed by atoms with Crippen molar-refractivity contribution in [1.29, 1.82) is 0 Å². The minimum atomic E-state index is -0.628. The highest BCUT2D eigenvalue weighted by molar-refractivity contribution is 5.81. The third kappa shape index (κ3) is 1.94. The summed E-state index contributed by atoms with van der Waals surface area (Å²) < 4.78 is 28.6. The molecule has 3 rings (SSSR count). The number of benzene rings is 1. The van der Waals surface area contributed by atoms with Gasteiger partial charge in [0.1, 0.15) is 18.0 Å². The molecule has 102 valence electrons. The molecule has 0 aliphatic rings. The van der Waals surface area contributed by atoms with Gasteiger partial charge in [-0.3, -0.25) is 0 Å². The van der Waals surface area contributed by atoms with Crippen molar-refractivity contribution < 1.29 is 8.78 Å². The lowest BCUT2D eigenvalue weighted by molar-refractivity contribution is 0.531. The van der Waals surface area contributed by atoms with Crippen molar-refractivity contribution in [1.82, 2.24) is 25.0 Å². The van der Waals surface area contributed by atoms with Gasteiger partial charge in [-0.15, -0.1) is 5.10 Å². The second-order valence-corrected chi connectivity index (χ2v) is 4.09. The number of anilines is 1. The van der Waals surface area contributed by atoms with Gasteiger partial charge in [0.25, 0.3) is 0 Å². The lowest BCUT2D eigenvalue weighted by atomic mass is 10.2. The molecule has 8 heteroatoms. The van der Waals surface area contributed by atoms with Gasteiger partial charge >= 0.3 is 0 Å². The molecule has 3 aromatic rings. The molecule has 0 fully saturated rings. The van der Waals surface area contributed by atoms with Crippen molar-refractivity contribution in [3.8, 4) is 0 Å². The van der Waals surface area contributed by atoms with Crippen LogP contribution in [-0.4, -0.2) is 32.0 Å². The van der Waals surface area contributed by atoms with Gasteiger partial charge in [-0.25, -0.2) is 23.4 Å². The van der Waals surface area contributed by atoms with Crippen molar-refractivity contribution in [3.63, 3.8) is 0 Å². The molecule has 6 nitrogen and oxygen atoms in total. The SMILES string of the molecule is CNc1ncnc2c1nnn2Cc1c(F)cccc1F.